The van der Waals surface area contributed by atoms with Gasteiger partial charge in [-0.05, 0) is 59.6 Å². The van der Waals surface area contributed by atoms with Crippen molar-refractivity contribution in [1.82, 2.24) is 9.38 Å². The minimum Gasteiger partial charge on any atom is -0.507 e. The Morgan fingerprint density at radius 1 is 1.24 bits per heavy atom. The first-order valence-electron chi connectivity index (χ1n) is 7.30. The first-order valence-corrected chi connectivity index (χ1v) is 8.09. The van der Waals surface area contributed by atoms with Crippen LogP contribution in [0.4, 0.5) is 5.69 Å². The summed E-state index contributed by atoms with van der Waals surface area (Å²) in [6.45, 7) is 3.63. The monoisotopic (exact) mass is 403 g/mol. The Morgan fingerprint density at radius 3 is 2.64 bits per heavy atom. The first-order chi connectivity index (χ1) is 11.8. The molecule has 3 aromatic rings. The highest BCUT2D eigenvalue weighted by atomic mass is 79.9. The van der Waals surface area contributed by atoms with Gasteiger partial charge in [0.2, 0.25) is 0 Å². The summed E-state index contributed by atoms with van der Waals surface area (Å²) in [4.78, 5) is 28.2. The Bertz CT molecular complexity index is 1030. The number of aromatic nitrogens is 2. The lowest BCUT2D eigenvalue weighted by Crippen LogP contribution is -2.16. The molecule has 0 saturated heterocycles. The molecule has 1 amide bonds. The Kier molecular flexibility index (Phi) is 4.22. The maximum atomic E-state index is 12.7. The van der Waals surface area contributed by atoms with E-state index in [1.807, 2.05) is 13.0 Å². The molecule has 3 N–H and O–H groups in total. The van der Waals surface area contributed by atoms with Crippen molar-refractivity contribution in [3.05, 3.63) is 57.4 Å². The fourth-order valence-electron chi connectivity index (χ4n) is 2.59. The lowest BCUT2D eigenvalue weighted by atomic mass is 10.1. The fraction of sp³-hybridized carbons (Fsp3) is 0.118. The number of aromatic carboxylic acids is 1. The smallest absolute Gasteiger partial charge is 0.339 e. The van der Waals surface area contributed by atoms with Crippen LogP contribution in [-0.2, 0) is 0 Å². The van der Waals surface area contributed by atoms with Crippen molar-refractivity contribution in [2.24, 2.45) is 0 Å². The zero-order valence-electron chi connectivity index (χ0n) is 13.4. The Balaban J connectivity index is 2.03. The third-order valence-electron chi connectivity index (χ3n) is 3.69. The topological polar surface area (TPSA) is 104 Å². The molecule has 8 heteroatoms. The van der Waals surface area contributed by atoms with E-state index >= 15 is 0 Å². The van der Waals surface area contributed by atoms with Crippen LogP contribution in [0.15, 0.2) is 34.9 Å². The maximum Gasteiger partial charge on any atom is 0.339 e. The highest BCUT2D eigenvalue weighted by Crippen LogP contribution is 2.25. The average Bonchev–Trinajstić information content (AvgIpc) is 2.85. The molecule has 0 atom stereocenters. The predicted molar refractivity (Wildman–Crippen MR) is 95.4 cm³/mol. The average molecular weight is 404 g/mol. The molecule has 25 heavy (non-hydrogen) atoms. The van der Waals surface area contributed by atoms with Crippen LogP contribution in [0, 0.1) is 13.8 Å². The molecule has 1 aromatic carbocycles. The molecule has 128 valence electrons. The molecule has 0 aliphatic carbocycles. The van der Waals surface area contributed by atoms with Gasteiger partial charge >= 0.3 is 5.97 Å². The van der Waals surface area contributed by atoms with Gasteiger partial charge in [-0.15, -0.1) is 0 Å². The summed E-state index contributed by atoms with van der Waals surface area (Å²) in [6.07, 6.45) is 1.80. The number of anilines is 1. The third-order valence-corrected chi connectivity index (χ3v) is 4.27. The number of pyridine rings is 1. The van der Waals surface area contributed by atoms with E-state index in [0.717, 1.165) is 10.0 Å². The molecule has 0 aliphatic rings. The van der Waals surface area contributed by atoms with E-state index in [9.17, 15) is 14.7 Å². The lowest BCUT2D eigenvalue weighted by Gasteiger charge is -2.08. The van der Waals surface area contributed by atoms with Gasteiger partial charge < -0.3 is 15.5 Å². The Hall–Kier alpha value is -2.87. The standard InChI is InChI=1S/C17H14BrN3O4/c1-8-5-12(18)15-19-9(2)14(21(15)7-8)16(23)20-10-3-4-13(22)11(6-10)17(24)25/h3-7,22H,1-2H3,(H,20,23)(H,24,25). The van der Waals surface area contributed by atoms with Crippen molar-refractivity contribution in [3.8, 4) is 5.75 Å². The molecule has 2 aromatic heterocycles. The van der Waals surface area contributed by atoms with Crippen molar-refractivity contribution in [1.29, 1.82) is 0 Å². The number of carbonyl (C=O) groups excluding carboxylic acids is 1. The van der Waals surface area contributed by atoms with Crippen LogP contribution < -0.4 is 5.32 Å². The van der Waals surface area contributed by atoms with E-state index in [-0.39, 0.29) is 17.0 Å². The van der Waals surface area contributed by atoms with E-state index < -0.39 is 11.9 Å². The number of amides is 1. The molecule has 0 fully saturated rings. The van der Waals surface area contributed by atoms with Gasteiger partial charge in [-0.25, -0.2) is 9.78 Å². The van der Waals surface area contributed by atoms with Gasteiger partial charge in [-0.3, -0.25) is 9.20 Å². The van der Waals surface area contributed by atoms with Crippen LogP contribution in [0.1, 0.15) is 32.1 Å². The Labute approximate surface area is 151 Å². The molecule has 0 radical (unpaired) electrons. The number of nitrogens with one attached hydrogen (secondary N) is 1. The van der Waals surface area contributed by atoms with Crippen molar-refractivity contribution in [2.45, 2.75) is 13.8 Å². The van der Waals surface area contributed by atoms with Gasteiger partial charge in [-0.2, -0.15) is 0 Å². The number of hydrogen-bond acceptors (Lipinski definition) is 4. The summed E-state index contributed by atoms with van der Waals surface area (Å²) in [5, 5.41) is 21.3. The number of imidazole rings is 1. The number of aryl methyl sites for hydroxylation is 2. The van der Waals surface area contributed by atoms with Crippen molar-refractivity contribution in [2.75, 3.05) is 5.32 Å². The van der Waals surface area contributed by atoms with E-state index in [2.05, 4.69) is 26.2 Å². The summed E-state index contributed by atoms with van der Waals surface area (Å²) < 4.78 is 2.45. The largest absolute Gasteiger partial charge is 0.507 e. The lowest BCUT2D eigenvalue weighted by molar-refractivity contribution is 0.0693. The number of carboxylic acids is 1. The second-order valence-corrected chi connectivity index (χ2v) is 6.45. The highest BCUT2D eigenvalue weighted by molar-refractivity contribution is 9.10. The van der Waals surface area contributed by atoms with Crippen LogP contribution in [-0.4, -0.2) is 31.5 Å². The number of benzene rings is 1. The van der Waals surface area contributed by atoms with Gasteiger partial charge in [0.1, 0.15) is 17.0 Å². The van der Waals surface area contributed by atoms with Gasteiger partial charge in [0.25, 0.3) is 5.91 Å². The SMILES string of the molecule is Cc1cc(Br)c2nc(C)c(C(=O)Nc3ccc(O)c(C(=O)O)c3)n2c1. The zero-order valence-corrected chi connectivity index (χ0v) is 15.0. The Morgan fingerprint density at radius 2 is 1.96 bits per heavy atom. The van der Waals surface area contributed by atoms with Crippen LogP contribution >= 0.6 is 15.9 Å². The molecule has 0 spiro atoms. The van der Waals surface area contributed by atoms with E-state index in [0.29, 0.717) is 17.0 Å². The van der Waals surface area contributed by atoms with Crippen molar-refractivity contribution in [3.63, 3.8) is 0 Å². The van der Waals surface area contributed by atoms with Crippen molar-refractivity contribution < 1.29 is 19.8 Å². The number of nitrogens with zero attached hydrogens (tertiary/aromatic N) is 2. The molecular weight excluding hydrogens is 390 g/mol. The van der Waals surface area contributed by atoms with Crippen molar-refractivity contribution >= 4 is 39.1 Å². The van der Waals surface area contributed by atoms with Crippen LogP contribution in [0.3, 0.4) is 0 Å². The van der Waals surface area contributed by atoms with E-state index in [1.165, 1.54) is 18.2 Å². The second-order valence-electron chi connectivity index (χ2n) is 5.60. The summed E-state index contributed by atoms with van der Waals surface area (Å²) >= 11 is 3.44. The fourth-order valence-corrected chi connectivity index (χ4v) is 3.24. The molecule has 0 bridgehead atoms. The predicted octanol–water partition coefficient (Wildman–Crippen LogP) is 3.37. The van der Waals surface area contributed by atoms with Crippen LogP contribution in [0.2, 0.25) is 0 Å². The normalized spacial score (nSPS) is 10.8. The number of rotatable bonds is 3. The molecule has 0 aliphatic heterocycles. The summed E-state index contributed by atoms with van der Waals surface area (Å²) in [7, 11) is 0. The minimum absolute atomic E-state index is 0.265. The van der Waals surface area contributed by atoms with Gasteiger partial charge in [0, 0.05) is 11.9 Å². The summed E-state index contributed by atoms with van der Waals surface area (Å²) in [5.41, 5.74) is 2.44. The van der Waals surface area contributed by atoms with Crippen LogP contribution in [0.5, 0.6) is 5.75 Å². The molecular formula is C17H14BrN3O4. The maximum absolute atomic E-state index is 12.7. The van der Waals surface area contributed by atoms with E-state index in [4.69, 9.17) is 5.11 Å². The highest BCUT2D eigenvalue weighted by Gasteiger charge is 2.19. The third kappa shape index (κ3) is 3.08. The van der Waals surface area contributed by atoms with Crippen LogP contribution in [0.25, 0.3) is 5.65 Å². The number of phenols is 1. The summed E-state index contributed by atoms with van der Waals surface area (Å²) in [6, 6.07) is 5.76. The van der Waals surface area contributed by atoms with Gasteiger partial charge in [0.05, 0.1) is 10.2 Å². The number of hydrogen-bond donors (Lipinski definition) is 3. The number of carboxylic acid groups (broad SMARTS) is 1. The first kappa shape index (κ1) is 17.0. The number of halogens is 1. The molecule has 2 heterocycles. The number of fused-ring (bicyclic) bond motifs is 1. The zero-order chi connectivity index (χ0) is 18.3. The minimum atomic E-state index is -1.28. The second kappa shape index (κ2) is 6.21. The quantitative estimate of drug-likeness (QED) is 0.581. The van der Waals surface area contributed by atoms with E-state index in [1.54, 1.807) is 17.5 Å². The number of carbonyl (C=O) groups is 2. The summed E-state index contributed by atoms with van der Waals surface area (Å²) in [5.74, 6) is -2.07. The molecule has 0 unspecified atom stereocenters. The molecule has 3 rings (SSSR count). The van der Waals surface area contributed by atoms with Gasteiger partial charge in [0.15, 0.2) is 5.65 Å². The molecule has 7 nitrogen and oxygen atoms in total. The van der Waals surface area contributed by atoms with Gasteiger partial charge in [-0.1, -0.05) is 0 Å². The molecule has 0 saturated carbocycles. The number of aromatic hydroxyl groups is 1.